The first-order valence-electron chi connectivity index (χ1n) is 27.5. The molecule has 3 heterocycles. The summed E-state index contributed by atoms with van der Waals surface area (Å²) >= 11 is 0. The maximum absolute atomic E-state index is 6.44. The van der Waals surface area contributed by atoms with Crippen LogP contribution >= 0.6 is 0 Å². The van der Waals surface area contributed by atoms with Gasteiger partial charge in [0.05, 0.1) is 16.7 Å². The van der Waals surface area contributed by atoms with E-state index in [4.69, 9.17) is 19.4 Å². The first kappa shape index (κ1) is 50.4. The molecule has 78 heavy (non-hydrogen) atoms. The van der Waals surface area contributed by atoms with Crippen LogP contribution in [-0.4, -0.2) is 19.5 Å². The monoisotopic (exact) mass is 1020 g/mol. The molecule has 0 atom stereocenters. The molecule has 386 valence electrons. The molecule has 0 fully saturated rings. The summed E-state index contributed by atoms with van der Waals surface area (Å²) in [6.07, 6.45) is 0. The Bertz CT molecular complexity index is 4030. The highest BCUT2D eigenvalue weighted by Crippen LogP contribution is 2.43. The summed E-state index contributed by atoms with van der Waals surface area (Å²) in [5.74, 6) is 1.90. The van der Waals surface area contributed by atoms with Crippen molar-refractivity contribution in [1.29, 1.82) is 0 Å². The predicted octanol–water partition coefficient (Wildman–Crippen LogP) is 20.1. The fraction of sp³-hybridized carbons (Fsp3) is 0.219. The van der Waals surface area contributed by atoms with Crippen LogP contribution in [0.2, 0.25) is 0 Å². The summed E-state index contributed by atoms with van der Waals surface area (Å²) in [5, 5.41) is 4.51. The summed E-state index contributed by atoms with van der Waals surface area (Å²) < 4.78 is 8.90. The predicted molar refractivity (Wildman–Crippen MR) is 329 cm³/mol. The van der Waals surface area contributed by atoms with Gasteiger partial charge in [-0.15, -0.1) is 0 Å². The molecule has 12 rings (SSSR count). The number of hydrogen-bond acceptors (Lipinski definition) is 4. The zero-order chi connectivity index (χ0) is 54.5. The first-order valence-corrected chi connectivity index (χ1v) is 27.5. The van der Waals surface area contributed by atoms with Crippen molar-refractivity contribution in [2.24, 2.45) is 0 Å². The lowest BCUT2D eigenvalue weighted by molar-refractivity contribution is 0.568. The second-order valence-corrected chi connectivity index (χ2v) is 25.5. The minimum Gasteiger partial charge on any atom is -0.456 e. The second kappa shape index (κ2) is 18.7. The fourth-order valence-electron chi connectivity index (χ4n) is 10.9. The Kier molecular flexibility index (Phi) is 12.1. The average Bonchev–Trinajstić information content (AvgIpc) is 4.20. The number of para-hydroxylation sites is 1. The molecule has 12 aromatic rings. The van der Waals surface area contributed by atoms with Gasteiger partial charge in [-0.2, -0.15) is 0 Å². The van der Waals surface area contributed by atoms with E-state index in [-0.39, 0.29) is 21.7 Å². The van der Waals surface area contributed by atoms with E-state index in [1.807, 2.05) is 12.1 Å². The van der Waals surface area contributed by atoms with E-state index >= 15 is 0 Å². The molecule has 3 aromatic heterocycles. The van der Waals surface area contributed by atoms with Crippen molar-refractivity contribution in [3.8, 4) is 73.2 Å². The highest BCUT2D eigenvalue weighted by molar-refractivity contribution is 6.13. The van der Waals surface area contributed by atoms with Crippen LogP contribution in [0.5, 0.6) is 0 Å². The number of rotatable bonds is 7. The van der Waals surface area contributed by atoms with Gasteiger partial charge in [-0.25, -0.2) is 15.0 Å². The van der Waals surface area contributed by atoms with Crippen molar-refractivity contribution < 1.29 is 4.42 Å². The van der Waals surface area contributed by atoms with Gasteiger partial charge in [-0.3, -0.25) is 0 Å². The Labute approximate surface area is 459 Å². The molecule has 0 bridgehead atoms. The quantitative estimate of drug-likeness (QED) is 0.160. The van der Waals surface area contributed by atoms with Gasteiger partial charge in [0.1, 0.15) is 11.2 Å². The molecular formula is C73H68N4O. The molecule has 0 aliphatic heterocycles. The SMILES string of the molecule is CC(C)(C)c1cc(-c2nc(-c3cc(C(C)(C)C)cc(C(C)(C)C)c3)nc(-c3ccc(-n4c5ccc(-c6ccccc6)cc5c5cc(-c6ccccc6)ccc54)c(-c4ccc5oc6ccccc6c5c4)c3)n2)cc(C(C)(C)C)c1. The van der Waals surface area contributed by atoms with E-state index in [1.165, 1.54) is 55.3 Å². The van der Waals surface area contributed by atoms with Crippen LogP contribution in [0.1, 0.15) is 105 Å². The number of hydrogen-bond donors (Lipinski definition) is 0. The number of fused-ring (bicyclic) bond motifs is 6. The number of nitrogens with zero attached hydrogens (tertiary/aromatic N) is 4. The highest BCUT2D eigenvalue weighted by atomic mass is 16.3. The number of benzene rings is 9. The maximum atomic E-state index is 6.44. The van der Waals surface area contributed by atoms with Gasteiger partial charge in [-0.1, -0.05) is 192 Å². The van der Waals surface area contributed by atoms with E-state index in [1.54, 1.807) is 0 Å². The van der Waals surface area contributed by atoms with Crippen molar-refractivity contribution >= 4 is 43.7 Å². The Balaban J connectivity index is 1.15. The van der Waals surface area contributed by atoms with Gasteiger partial charge in [0.2, 0.25) is 0 Å². The molecule has 0 N–H and O–H groups in total. The zero-order valence-corrected chi connectivity index (χ0v) is 47.2. The number of furan rings is 1. The topological polar surface area (TPSA) is 56.7 Å². The Hall–Kier alpha value is -8.41. The molecule has 0 unspecified atom stereocenters. The Morgan fingerprint density at radius 1 is 0.295 bits per heavy atom. The molecule has 5 nitrogen and oxygen atoms in total. The minimum absolute atomic E-state index is 0.109. The van der Waals surface area contributed by atoms with Crippen molar-refractivity contribution in [1.82, 2.24) is 19.5 Å². The molecule has 0 radical (unpaired) electrons. The van der Waals surface area contributed by atoms with Crippen molar-refractivity contribution in [2.45, 2.75) is 105 Å². The van der Waals surface area contributed by atoms with E-state index in [9.17, 15) is 0 Å². The molecule has 0 spiro atoms. The van der Waals surface area contributed by atoms with E-state index in [0.29, 0.717) is 17.5 Å². The smallest absolute Gasteiger partial charge is 0.164 e. The van der Waals surface area contributed by atoms with Gasteiger partial charge < -0.3 is 8.98 Å². The van der Waals surface area contributed by atoms with Crippen molar-refractivity contribution in [3.63, 3.8) is 0 Å². The minimum atomic E-state index is -0.109. The average molecular weight is 1020 g/mol. The third-order valence-electron chi connectivity index (χ3n) is 15.6. The van der Waals surface area contributed by atoms with E-state index < -0.39 is 0 Å². The van der Waals surface area contributed by atoms with Crippen molar-refractivity contribution in [3.05, 3.63) is 216 Å². The van der Waals surface area contributed by atoms with Crippen molar-refractivity contribution in [2.75, 3.05) is 0 Å². The van der Waals surface area contributed by atoms with Gasteiger partial charge in [0, 0.05) is 43.8 Å². The van der Waals surface area contributed by atoms with Crippen LogP contribution in [0.3, 0.4) is 0 Å². The lowest BCUT2D eigenvalue weighted by Crippen LogP contribution is -2.17. The Morgan fingerprint density at radius 3 is 1.17 bits per heavy atom. The zero-order valence-electron chi connectivity index (χ0n) is 47.2. The molecular weight excluding hydrogens is 949 g/mol. The molecule has 0 aliphatic carbocycles. The third-order valence-corrected chi connectivity index (χ3v) is 15.6. The van der Waals surface area contributed by atoms with Crippen LogP contribution in [0.15, 0.2) is 199 Å². The standard InChI is InChI=1S/C73H68N4O/c1-70(2,3)53-35-51(36-54(43-53)71(4,5)6)68-74-67(75-69(76-68)52-37-55(72(7,8)9)44-56(38-52)73(10,11)12)50-29-33-62(58(42-50)49-30-34-66-61(41-49)57-25-19-20-26-65(57)78-66)77-63-31-27-47(45-21-15-13-16-22-45)39-59(63)60-40-48(28-32-64(60)77)46-23-17-14-18-24-46/h13-44H,1-12H3. The summed E-state index contributed by atoms with van der Waals surface area (Å²) in [4.78, 5) is 16.5. The molecule has 0 amide bonds. The van der Waals surface area contributed by atoms with Gasteiger partial charge >= 0.3 is 0 Å². The van der Waals surface area contributed by atoms with Crippen LogP contribution < -0.4 is 0 Å². The highest BCUT2D eigenvalue weighted by Gasteiger charge is 2.27. The molecule has 0 aliphatic rings. The lowest BCUT2D eigenvalue weighted by Gasteiger charge is -2.26. The van der Waals surface area contributed by atoms with Gasteiger partial charge in [-0.05, 0) is 157 Å². The summed E-state index contributed by atoms with van der Waals surface area (Å²) in [6, 6.07) is 70.8. The van der Waals surface area contributed by atoms with Crippen LogP contribution in [0.4, 0.5) is 0 Å². The normalized spacial score (nSPS) is 12.6. The Morgan fingerprint density at radius 2 is 0.692 bits per heavy atom. The lowest BCUT2D eigenvalue weighted by atomic mass is 9.79. The second-order valence-electron chi connectivity index (χ2n) is 25.5. The molecule has 9 aromatic carbocycles. The van der Waals surface area contributed by atoms with Crippen LogP contribution in [-0.2, 0) is 21.7 Å². The fourth-order valence-corrected chi connectivity index (χ4v) is 10.9. The van der Waals surface area contributed by atoms with E-state index in [0.717, 1.165) is 66.5 Å². The largest absolute Gasteiger partial charge is 0.456 e. The molecule has 5 heteroatoms. The van der Waals surface area contributed by atoms with Crippen LogP contribution in [0.25, 0.3) is 117 Å². The summed E-state index contributed by atoms with van der Waals surface area (Å²) in [5.41, 5.74) is 19.2. The molecule has 0 saturated carbocycles. The van der Waals surface area contributed by atoms with E-state index in [2.05, 4.69) is 270 Å². The van der Waals surface area contributed by atoms with Crippen LogP contribution in [0, 0.1) is 0 Å². The first-order chi connectivity index (χ1) is 37.1. The third kappa shape index (κ3) is 9.40. The van der Waals surface area contributed by atoms with Gasteiger partial charge in [0.15, 0.2) is 17.5 Å². The summed E-state index contributed by atoms with van der Waals surface area (Å²) in [6.45, 7) is 27.4. The van der Waals surface area contributed by atoms with Gasteiger partial charge in [0.25, 0.3) is 0 Å². The maximum Gasteiger partial charge on any atom is 0.164 e. The molecule has 0 saturated heterocycles. The summed E-state index contributed by atoms with van der Waals surface area (Å²) in [7, 11) is 0. The number of aromatic nitrogens is 4.